The van der Waals surface area contributed by atoms with Gasteiger partial charge < -0.3 is 5.11 Å². The van der Waals surface area contributed by atoms with Gasteiger partial charge in [-0.15, -0.1) is 0 Å². The van der Waals surface area contributed by atoms with Crippen molar-refractivity contribution in [1.29, 1.82) is 0 Å². The van der Waals surface area contributed by atoms with Crippen LogP contribution < -0.4 is 4.72 Å². The largest absolute Gasteiger partial charge is 0.392 e. The van der Waals surface area contributed by atoms with Crippen LogP contribution >= 0.6 is 11.8 Å². The van der Waals surface area contributed by atoms with E-state index in [4.69, 9.17) is 5.11 Å². The van der Waals surface area contributed by atoms with E-state index in [0.29, 0.717) is 6.54 Å². The number of hydrogen-bond donors (Lipinski definition) is 2. The van der Waals surface area contributed by atoms with Gasteiger partial charge in [0.1, 0.15) is 5.82 Å². The van der Waals surface area contributed by atoms with E-state index >= 15 is 0 Å². The summed E-state index contributed by atoms with van der Waals surface area (Å²) in [6.07, 6.45) is 3.93. The standard InChI is InChI=1S/C13H18FNO3S2/c1-9-11(14)5-10(7-16)6-12(9)20(17,18)15-8-13(19-2)3-4-13/h5-6,15-16H,3-4,7-8H2,1-2H3. The molecule has 0 atom stereocenters. The first-order valence-corrected chi connectivity index (χ1v) is 8.99. The molecule has 2 N–H and O–H groups in total. The van der Waals surface area contributed by atoms with Crippen LogP contribution in [0.2, 0.25) is 0 Å². The van der Waals surface area contributed by atoms with Crippen LogP contribution in [-0.4, -0.2) is 31.1 Å². The summed E-state index contributed by atoms with van der Waals surface area (Å²) in [5.41, 5.74) is 0.322. The van der Waals surface area contributed by atoms with E-state index < -0.39 is 22.4 Å². The summed E-state index contributed by atoms with van der Waals surface area (Å²) < 4.78 is 40.8. The number of halogens is 1. The Kier molecular flexibility index (Phi) is 4.44. The van der Waals surface area contributed by atoms with Crippen LogP contribution in [0.15, 0.2) is 17.0 Å². The summed E-state index contributed by atoms with van der Waals surface area (Å²) in [6, 6.07) is 2.47. The molecule has 112 valence electrons. The number of nitrogens with one attached hydrogen (secondary N) is 1. The van der Waals surface area contributed by atoms with Crippen LogP contribution in [0.25, 0.3) is 0 Å². The van der Waals surface area contributed by atoms with Crippen LogP contribution in [0.1, 0.15) is 24.0 Å². The van der Waals surface area contributed by atoms with Crippen molar-refractivity contribution in [3.05, 3.63) is 29.1 Å². The Bertz CT molecular complexity index is 612. The van der Waals surface area contributed by atoms with E-state index in [-0.39, 0.29) is 20.8 Å². The summed E-state index contributed by atoms with van der Waals surface area (Å²) >= 11 is 1.65. The lowest BCUT2D eigenvalue weighted by atomic mass is 10.1. The maximum absolute atomic E-state index is 13.7. The van der Waals surface area contributed by atoms with Gasteiger partial charge in [0.2, 0.25) is 10.0 Å². The molecule has 1 aliphatic rings. The number of aliphatic hydroxyl groups excluding tert-OH is 1. The highest BCUT2D eigenvalue weighted by atomic mass is 32.2. The summed E-state index contributed by atoms with van der Waals surface area (Å²) in [7, 11) is -3.76. The molecule has 1 fully saturated rings. The Morgan fingerprint density at radius 1 is 1.45 bits per heavy atom. The minimum atomic E-state index is -3.76. The second-order valence-corrected chi connectivity index (χ2v) is 8.08. The molecule has 1 aromatic carbocycles. The fourth-order valence-corrected chi connectivity index (χ4v) is 4.22. The van der Waals surface area contributed by atoms with Crippen LogP contribution in [0.5, 0.6) is 0 Å². The Hall–Kier alpha value is -0.630. The van der Waals surface area contributed by atoms with Gasteiger partial charge in [-0.05, 0) is 43.7 Å². The fourth-order valence-electron chi connectivity index (χ4n) is 1.97. The number of hydrogen-bond acceptors (Lipinski definition) is 4. The van der Waals surface area contributed by atoms with Gasteiger partial charge in [0.25, 0.3) is 0 Å². The van der Waals surface area contributed by atoms with Gasteiger partial charge in [-0.3, -0.25) is 0 Å². The van der Waals surface area contributed by atoms with Gasteiger partial charge in [-0.1, -0.05) is 0 Å². The number of thioether (sulfide) groups is 1. The van der Waals surface area contributed by atoms with E-state index in [1.807, 2.05) is 6.26 Å². The zero-order valence-electron chi connectivity index (χ0n) is 11.4. The molecule has 7 heteroatoms. The highest BCUT2D eigenvalue weighted by Crippen LogP contribution is 2.46. The van der Waals surface area contributed by atoms with Crippen molar-refractivity contribution in [2.45, 2.75) is 36.0 Å². The number of sulfonamides is 1. The Balaban J connectivity index is 2.27. The summed E-state index contributed by atoms with van der Waals surface area (Å²) in [4.78, 5) is -0.0987. The van der Waals surface area contributed by atoms with Crippen LogP contribution in [0.3, 0.4) is 0 Å². The van der Waals surface area contributed by atoms with E-state index in [1.54, 1.807) is 11.8 Å². The van der Waals surface area contributed by atoms with Crippen molar-refractivity contribution in [1.82, 2.24) is 4.72 Å². The molecule has 0 spiro atoms. The Labute approximate surface area is 122 Å². The van der Waals surface area contributed by atoms with Crippen molar-refractivity contribution in [3.63, 3.8) is 0 Å². The normalized spacial score (nSPS) is 17.2. The zero-order chi connectivity index (χ0) is 15.0. The molecular weight excluding hydrogens is 301 g/mol. The molecule has 0 heterocycles. The van der Waals surface area contributed by atoms with E-state index in [1.165, 1.54) is 13.0 Å². The number of aliphatic hydroxyl groups is 1. The van der Waals surface area contributed by atoms with Crippen molar-refractivity contribution in [3.8, 4) is 0 Å². The second kappa shape index (κ2) is 5.63. The van der Waals surface area contributed by atoms with Gasteiger partial charge in [0.05, 0.1) is 11.5 Å². The molecule has 20 heavy (non-hydrogen) atoms. The molecule has 0 aromatic heterocycles. The number of benzene rings is 1. The third kappa shape index (κ3) is 3.16. The van der Waals surface area contributed by atoms with Gasteiger partial charge in [-0.25, -0.2) is 17.5 Å². The minimum Gasteiger partial charge on any atom is -0.392 e. The Morgan fingerprint density at radius 2 is 2.10 bits per heavy atom. The molecular formula is C13H18FNO3S2. The molecule has 4 nitrogen and oxygen atoms in total. The average molecular weight is 319 g/mol. The molecule has 2 rings (SSSR count). The molecule has 0 amide bonds. The maximum Gasteiger partial charge on any atom is 0.240 e. The molecule has 1 saturated carbocycles. The van der Waals surface area contributed by atoms with E-state index in [9.17, 15) is 12.8 Å². The molecule has 0 unspecified atom stereocenters. The molecule has 0 radical (unpaired) electrons. The van der Waals surface area contributed by atoms with Crippen LogP contribution in [0.4, 0.5) is 4.39 Å². The Morgan fingerprint density at radius 3 is 2.60 bits per heavy atom. The van der Waals surface area contributed by atoms with Crippen molar-refractivity contribution in [2.24, 2.45) is 0 Å². The first-order valence-electron chi connectivity index (χ1n) is 6.28. The predicted molar refractivity (Wildman–Crippen MR) is 77.7 cm³/mol. The lowest BCUT2D eigenvalue weighted by Crippen LogP contribution is -2.32. The van der Waals surface area contributed by atoms with Gasteiger partial charge in [0, 0.05) is 16.9 Å². The minimum absolute atomic E-state index is 0.00584. The molecule has 0 aliphatic heterocycles. The maximum atomic E-state index is 13.7. The van der Waals surface area contributed by atoms with Crippen LogP contribution in [0, 0.1) is 12.7 Å². The molecule has 0 saturated heterocycles. The third-order valence-electron chi connectivity index (χ3n) is 3.65. The van der Waals surface area contributed by atoms with Crippen LogP contribution in [-0.2, 0) is 16.6 Å². The zero-order valence-corrected chi connectivity index (χ0v) is 13.1. The van der Waals surface area contributed by atoms with Crippen molar-refractivity contribution >= 4 is 21.8 Å². The summed E-state index contributed by atoms with van der Waals surface area (Å²) in [6.45, 7) is 1.38. The lowest BCUT2D eigenvalue weighted by Gasteiger charge is -2.15. The first kappa shape index (κ1) is 15.8. The van der Waals surface area contributed by atoms with Gasteiger partial charge >= 0.3 is 0 Å². The number of rotatable bonds is 6. The van der Waals surface area contributed by atoms with E-state index in [2.05, 4.69) is 4.72 Å². The average Bonchev–Trinajstić information content (AvgIpc) is 3.20. The topological polar surface area (TPSA) is 66.4 Å². The lowest BCUT2D eigenvalue weighted by molar-refractivity contribution is 0.281. The van der Waals surface area contributed by atoms with Gasteiger partial charge in [-0.2, -0.15) is 11.8 Å². The highest BCUT2D eigenvalue weighted by molar-refractivity contribution is 8.00. The first-order chi connectivity index (χ1) is 9.33. The SMILES string of the molecule is CSC1(CNS(=O)(=O)c2cc(CO)cc(F)c2C)CC1. The van der Waals surface area contributed by atoms with E-state index in [0.717, 1.165) is 18.9 Å². The smallest absolute Gasteiger partial charge is 0.240 e. The predicted octanol–water partition coefficient (Wildman–Crippen LogP) is 1.80. The molecule has 1 aromatic rings. The summed E-state index contributed by atoms with van der Waals surface area (Å²) in [5, 5.41) is 9.07. The summed E-state index contributed by atoms with van der Waals surface area (Å²) in [5.74, 6) is -0.622. The van der Waals surface area contributed by atoms with Gasteiger partial charge in [0.15, 0.2) is 0 Å². The third-order valence-corrected chi connectivity index (χ3v) is 6.60. The van der Waals surface area contributed by atoms with Crippen molar-refractivity contribution < 1.29 is 17.9 Å². The second-order valence-electron chi connectivity index (χ2n) is 5.07. The quantitative estimate of drug-likeness (QED) is 0.839. The molecule has 0 bridgehead atoms. The fraction of sp³-hybridized carbons (Fsp3) is 0.538. The van der Waals surface area contributed by atoms with Crippen molar-refractivity contribution in [2.75, 3.05) is 12.8 Å². The monoisotopic (exact) mass is 319 g/mol. The molecule has 1 aliphatic carbocycles. The highest BCUT2D eigenvalue weighted by Gasteiger charge is 2.42.